The average molecular weight is 863 g/mol. The Labute approximate surface area is 370 Å². The monoisotopic (exact) mass is 862 g/mol. The third-order valence-corrected chi connectivity index (χ3v) is 25.9. The summed E-state index contributed by atoms with van der Waals surface area (Å²) in [6.07, 6.45) is 0. The average Bonchev–Trinajstić information content (AvgIpc) is 3.37. The summed E-state index contributed by atoms with van der Waals surface area (Å²) >= 11 is 0. The molecule has 0 bridgehead atoms. The van der Waals surface area contributed by atoms with Crippen molar-refractivity contribution < 1.29 is 21.8 Å². The van der Waals surface area contributed by atoms with Crippen LogP contribution in [-0.2, 0) is 12.3 Å². The first-order chi connectivity index (χ1) is 31.1. The molecule has 0 unspecified atom stereocenters. The minimum absolute atomic E-state index is 0.00816. The van der Waals surface area contributed by atoms with E-state index >= 15 is 0 Å². The van der Waals surface area contributed by atoms with Crippen LogP contribution in [0, 0.1) is 0 Å². The van der Waals surface area contributed by atoms with Gasteiger partial charge in [-0.1, -0.05) is 212 Å². The molecular weight excluding hydrogens is 824 g/mol. The lowest BCUT2D eigenvalue weighted by Gasteiger charge is -2.53. The van der Waals surface area contributed by atoms with E-state index in [0.29, 0.717) is 0 Å². The first-order valence-corrected chi connectivity index (χ1v) is 26.8. The van der Waals surface area contributed by atoms with E-state index in [-0.39, 0.29) is 6.71 Å². The molecule has 0 amide bonds. The summed E-state index contributed by atoms with van der Waals surface area (Å²) in [6.45, 7) is -0.00816. The lowest BCUT2D eigenvalue weighted by molar-refractivity contribution is 0.268. The molecule has 3 aliphatic heterocycles. The highest BCUT2D eigenvalue weighted by Gasteiger charge is 2.67. The van der Waals surface area contributed by atoms with Crippen LogP contribution in [0.4, 0.5) is 0 Å². The molecule has 0 spiro atoms. The predicted molar refractivity (Wildman–Crippen MR) is 260 cm³/mol. The highest BCUT2D eigenvalue weighted by atomic mass is 28.5. The van der Waals surface area contributed by atoms with Crippen LogP contribution in [0.25, 0.3) is 11.1 Å². The van der Waals surface area contributed by atoms with Crippen molar-refractivity contribution in [3.8, 4) is 34.1 Å². The summed E-state index contributed by atoms with van der Waals surface area (Å²) < 4.78 is 37.8. The van der Waals surface area contributed by atoms with Crippen LogP contribution in [0.15, 0.2) is 237 Å². The lowest BCUT2D eigenvalue weighted by Crippen LogP contribution is -2.88. The van der Waals surface area contributed by atoms with Crippen molar-refractivity contribution in [1.29, 1.82) is 0 Å². The minimum Gasteiger partial charge on any atom is -0.458 e. The van der Waals surface area contributed by atoms with Crippen molar-refractivity contribution in [1.82, 2.24) is 0 Å². The second-order valence-corrected chi connectivity index (χ2v) is 25.8. The molecule has 0 saturated carbocycles. The van der Waals surface area contributed by atoms with Crippen LogP contribution in [0.3, 0.4) is 0 Å². The van der Waals surface area contributed by atoms with Crippen molar-refractivity contribution in [2.24, 2.45) is 0 Å². The number of hydrogen-bond acceptors (Lipinski definition) is 5. The molecule has 0 N–H and O–H groups in total. The van der Waals surface area contributed by atoms with Crippen molar-refractivity contribution in [2.45, 2.75) is 0 Å². The van der Waals surface area contributed by atoms with Gasteiger partial charge in [0, 0.05) is 5.46 Å². The quantitative estimate of drug-likeness (QED) is 0.179. The summed E-state index contributed by atoms with van der Waals surface area (Å²) in [7, 11) is -11.2. The molecule has 0 aliphatic carbocycles. The van der Waals surface area contributed by atoms with Crippen LogP contribution in [0.1, 0.15) is 0 Å². The highest BCUT2D eigenvalue weighted by molar-refractivity contribution is 7.16. The summed E-state index contributed by atoms with van der Waals surface area (Å²) in [5.74, 6) is 3.29. The SMILES string of the molecule is c1ccc([Si]2(c3ccccc3)O[Si](c3ccccc3)(c3ccccc3)O[Si](c3ccccc3)(c3cccc(-c4cc5c6c(c4)Oc4ccccc4B6c4ccccc4O5)c3)O2)cc1. The molecule has 3 aliphatic rings. The molecule has 0 aromatic heterocycles. The van der Waals surface area contributed by atoms with E-state index in [1.807, 2.05) is 12.1 Å². The number of benzene rings is 9. The number of rotatable bonds is 7. The molecule has 9 aromatic carbocycles. The Bertz CT molecular complexity index is 2880. The molecule has 9 aromatic rings. The largest absolute Gasteiger partial charge is 0.458 e. The molecule has 1 fully saturated rings. The maximum absolute atomic E-state index is 8.15. The zero-order chi connectivity index (χ0) is 41.9. The zero-order valence-electron chi connectivity index (χ0n) is 34.1. The van der Waals surface area contributed by atoms with Gasteiger partial charge in [-0.2, -0.15) is 0 Å². The van der Waals surface area contributed by atoms with Gasteiger partial charge in [0.05, 0.1) is 0 Å². The second-order valence-electron chi connectivity index (χ2n) is 16.2. The van der Waals surface area contributed by atoms with E-state index in [2.05, 4.69) is 224 Å². The Hall–Kier alpha value is -6.82. The number of ether oxygens (including phenoxy) is 2. The smallest absolute Gasteiger partial charge is 0.390 e. The highest BCUT2D eigenvalue weighted by Crippen LogP contribution is 2.39. The van der Waals surface area contributed by atoms with Gasteiger partial charge in [0.15, 0.2) is 0 Å². The molecule has 9 heteroatoms. The predicted octanol–water partition coefficient (Wildman–Crippen LogP) is 6.21. The molecule has 1 saturated heterocycles. The Morgan fingerprint density at radius 2 is 0.603 bits per heavy atom. The van der Waals surface area contributed by atoms with Gasteiger partial charge >= 0.3 is 25.7 Å². The molecule has 12 rings (SSSR count). The minimum atomic E-state index is -3.81. The molecule has 0 radical (unpaired) electrons. The van der Waals surface area contributed by atoms with Crippen LogP contribution >= 0.6 is 0 Å². The first-order valence-electron chi connectivity index (χ1n) is 21.3. The van der Waals surface area contributed by atoms with Crippen LogP contribution < -0.4 is 57.0 Å². The summed E-state index contributed by atoms with van der Waals surface area (Å²) in [4.78, 5) is 0. The van der Waals surface area contributed by atoms with Gasteiger partial charge in [-0.25, -0.2) is 0 Å². The fraction of sp³-hybridized carbons (Fsp3) is 0. The maximum atomic E-state index is 8.15. The molecule has 0 atom stereocenters. The van der Waals surface area contributed by atoms with Crippen LogP contribution in [0.5, 0.6) is 23.0 Å². The third kappa shape index (κ3) is 6.16. The summed E-state index contributed by atoms with van der Waals surface area (Å²) in [6, 6.07) is 82.6. The van der Waals surface area contributed by atoms with Gasteiger partial charge in [-0.15, -0.1) is 0 Å². The summed E-state index contributed by atoms with van der Waals surface area (Å²) in [5.41, 5.74) is 5.27. The van der Waals surface area contributed by atoms with E-state index in [1.54, 1.807) is 0 Å². The van der Waals surface area contributed by atoms with Crippen molar-refractivity contribution in [3.63, 3.8) is 0 Å². The van der Waals surface area contributed by atoms with Crippen LogP contribution in [-0.4, -0.2) is 32.4 Å². The van der Waals surface area contributed by atoms with E-state index < -0.39 is 25.7 Å². The third-order valence-electron chi connectivity index (χ3n) is 12.5. The molecule has 5 nitrogen and oxygen atoms in total. The van der Waals surface area contributed by atoms with E-state index in [1.165, 1.54) is 0 Å². The Morgan fingerprint density at radius 1 is 0.270 bits per heavy atom. The van der Waals surface area contributed by atoms with Crippen LogP contribution in [0.2, 0.25) is 0 Å². The van der Waals surface area contributed by atoms with Crippen molar-refractivity contribution in [3.05, 3.63) is 237 Å². The van der Waals surface area contributed by atoms with Crippen molar-refractivity contribution >= 4 is 79.9 Å². The fourth-order valence-corrected chi connectivity index (χ4v) is 26.6. The number of para-hydroxylation sites is 2. The van der Waals surface area contributed by atoms with Crippen molar-refractivity contribution in [2.75, 3.05) is 0 Å². The van der Waals surface area contributed by atoms with E-state index in [4.69, 9.17) is 21.8 Å². The van der Waals surface area contributed by atoms with Gasteiger partial charge in [0.25, 0.3) is 6.71 Å². The number of hydrogen-bond donors (Lipinski definition) is 0. The topological polar surface area (TPSA) is 46.2 Å². The van der Waals surface area contributed by atoms with Gasteiger partial charge < -0.3 is 21.8 Å². The van der Waals surface area contributed by atoms with E-state index in [0.717, 1.165) is 81.6 Å². The van der Waals surface area contributed by atoms with E-state index in [9.17, 15) is 0 Å². The van der Waals surface area contributed by atoms with Gasteiger partial charge in [0.1, 0.15) is 23.0 Å². The molecular formula is C54H39BO5Si3. The normalized spacial score (nSPS) is 16.0. The molecule has 63 heavy (non-hydrogen) atoms. The van der Waals surface area contributed by atoms with Gasteiger partial charge in [-0.05, 0) is 77.4 Å². The van der Waals surface area contributed by atoms with Gasteiger partial charge in [-0.3, -0.25) is 0 Å². The molecule has 300 valence electrons. The Morgan fingerprint density at radius 3 is 1.00 bits per heavy atom. The lowest BCUT2D eigenvalue weighted by atomic mass is 9.35. The Kier molecular flexibility index (Phi) is 9.15. The first kappa shape index (κ1) is 37.9. The molecule has 3 heterocycles. The fourth-order valence-electron chi connectivity index (χ4n) is 9.63. The number of fused-ring (bicyclic) bond motifs is 4. The standard InChI is InChI=1S/C54H39BO5Si3/c1-6-22-42(23-7-1)61(43-24-8-2-9-25-43)58-62(44-26-10-3-11-27-44,45-28-12-4-13-29-45)60-63(59-61,46-30-14-5-15-31-46)47-32-20-21-40(37-47)41-38-52-54-53(39-41)57-51-36-19-17-34-49(51)55(54)48-33-16-18-35-50(48)56-52/h1-39H. The van der Waals surface area contributed by atoms with Gasteiger partial charge in [0.2, 0.25) is 0 Å². The zero-order valence-corrected chi connectivity index (χ0v) is 37.1. The second kappa shape index (κ2) is 15.2. The Balaban J connectivity index is 1.11. The summed E-state index contributed by atoms with van der Waals surface area (Å²) in [5, 5.41) is 6.05. The maximum Gasteiger partial charge on any atom is 0.390 e.